The molecule has 4 aliphatic rings. The highest BCUT2D eigenvalue weighted by molar-refractivity contribution is 5.41. The first kappa shape index (κ1) is 13.3. The second-order valence-corrected chi connectivity index (χ2v) is 8.60. The Morgan fingerprint density at radius 3 is 2.00 bits per heavy atom. The van der Waals surface area contributed by atoms with Crippen molar-refractivity contribution in [3.8, 4) is 17.2 Å². The maximum atomic E-state index is 9.67. The first-order valence-electron chi connectivity index (χ1n) is 7.99. The van der Waals surface area contributed by atoms with Gasteiger partial charge in [0.2, 0.25) is 0 Å². The van der Waals surface area contributed by atoms with E-state index in [4.69, 9.17) is 4.74 Å². The topological polar surface area (TPSA) is 49.7 Å². The molecule has 0 radical (unpaired) electrons. The monoisotopic (exact) mass is 288 g/mol. The van der Waals surface area contributed by atoms with Crippen molar-refractivity contribution in [2.45, 2.75) is 58.0 Å². The molecule has 4 bridgehead atoms. The van der Waals surface area contributed by atoms with E-state index in [9.17, 15) is 10.2 Å². The zero-order valence-corrected chi connectivity index (χ0v) is 12.9. The molecule has 0 heterocycles. The summed E-state index contributed by atoms with van der Waals surface area (Å²) < 4.78 is 6.39. The van der Waals surface area contributed by atoms with Gasteiger partial charge in [-0.25, -0.2) is 0 Å². The van der Waals surface area contributed by atoms with Gasteiger partial charge in [0.15, 0.2) is 0 Å². The highest BCUT2D eigenvalue weighted by Gasteiger charge is 2.61. The molecule has 5 rings (SSSR count). The van der Waals surface area contributed by atoms with Crippen LogP contribution in [-0.4, -0.2) is 15.8 Å². The summed E-state index contributed by atoms with van der Waals surface area (Å²) in [7, 11) is 0. The van der Waals surface area contributed by atoms with Crippen LogP contribution < -0.4 is 4.74 Å². The summed E-state index contributed by atoms with van der Waals surface area (Å²) in [5.74, 6) is 1.49. The summed E-state index contributed by atoms with van der Waals surface area (Å²) in [6.07, 6.45) is 7.30. The molecule has 1 aromatic rings. The number of aromatic hydroxyl groups is 2. The number of benzene rings is 1. The average molecular weight is 288 g/mol. The van der Waals surface area contributed by atoms with Crippen LogP contribution in [0.5, 0.6) is 17.2 Å². The van der Waals surface area contributed by atoms with Crippen molar-refractivity contribution in [3.63, 3.8) is 0 Å². The molecule has 0 amide bonds. The molecule has 3 nitrogen and oxygen atoms in total. The molecule has 4 aliphatic carbocycles. The van der Waals surface area contributed by atoms with Crippen LogP contribution in [0.4, 0.5) is 0 Å². The molecule has 3 heteroatoms. The average Bonchev–Trinajstić information content (AvgIpc) is 2.19. The predicted molar refractivity (Wildman–Crippen MR) is 80.5 cm³/mol. The molecule has 21 heavy (non-hydrogen) atoms. The Labute approximate surface area is 125 Å². The van der Waals surface area contributed by atoms with E-state index >= 15 is 0 Å². The van der Waals surface area contributed by atoms with Gasteiger partial charge in [0, 0.05) is 18.2 Å². The maximum absolute atomic E-state index is 9.67. The highest BCUT2D eigenvalue weighted by atomic mass is 16.5. The van der Waals surface area contributed by atoms with Crippen molar-refractivity contribution in [2.75, 3.05) is 0 Å². The van der Waals surface area contributed by atoms with Gasteiger partial charge in [-0.15, -0.1) is 0 Å². The quantitative estimate of drug-likeness (QED) is 0.856. The largest absolute Gasteiger partial charge is 0.508 e. The summed E-state index contributed by atoms with van der Waals surface area (Å²) in [6, 6.07) is 4.57. The van der Waals surface area contributed by atoms with Gasteiger partial charge in [0.25, 0.3) is 0 Å². The van der Waals surface area contributed by atoms with Crippen LogP contribution in [0.15, 0.2) is 18.2 Å². The van der Waals surface area contributed by atoms with Crippen LogP contribution in [0, 0.1) is 16.7 Å². The van der Waals surface area contributed by atoms with E-state index in [-0.39, 0.29) is 17.1 Å². The SMILES string of the molecule is CC12CC3CC(C)(C1)CC(Oc1cc(O)cc(O)c1)(C3)C2. The fraction of sp³-hybridized carbons (Fsp3) is 0.667. The normalized spacial score (nSPS) is 44.0. The number of hydrogen-bond donors (Lipinski definition) is 2. The van der Waals surface area contributed by atoms with E-state index in [0.717, 1.165) is 25.2 Å². The van der Waals surface area contributed by atoms with Crippen LogP contribution in [0.3, 0.4) is 0 Å². The minimum atomic E-state index is -0.108. The summed E-state index contributed by atoms with van der Waals surface area (Å²) >= 11 is 0. The van der Waals surface area contributed by atoms with Gasteiger partial charge in [0.05, 0.1) is 0 Å². The molecule has 2 atom stereocenters. The van der Waals surface area contributed by atoms with Crippen LogP contribution in [0.2, 0.25) is 0 Å². The fourth-order valence-corrected chi connectivity index (χ4v) is 6.33. The van der Waals surface area contributed by atoms with Gasteiger partial charge in [-0.1, -0.05) is 13.8 Å². The fourth-order valence-electron chi connectivity index (χ4n) is 6.33. The lowest BCUT2D eigenvalue weighted by Crippen LogP contribution is -2.60. The standard InChI is InChI=1S/C18H24O3/c1-16-6-12-7-17(2,9-16)11-18(8-12,10-16)21-15-4-13(19)3-14(20)5-15/h3-5,12,19-20H,6-11H2,1-2H3. The molecule has 4 saturated carbocycles. The first-order chi connectivity index (χ1) is 9.77. The Kier molecular flexibility index (Phi) is 2.45. The van der Waals surface area contributed by atoms with Crippen LogP contribution >= 0.6 is 0 Å². The minimum Gasteiger partial charge on any atom is -0.508 e. The number of phenolic OH excluding ortho intramolecular Hbond substituents is 2. The molecule has 0 saturated heterocycles. The van der Waals surface area contributed by atoms with Gasteiger partial charge in [-0.2, -0.15) is 0 Å². The second-order valence-electron chi connectivity index (χ2n) is 8.60. The molecule has 1 aromatic carbocycles. The number of ether oxygens (including phenoxy) is 1. The third kappa shape index (κ3) is 2.18. The predicted octanol–water partition coefficient (Wildman–Crippen LogP) is 4.23. The van der Waals surface area contributed by atoms with Crippen LogP contribution in [-0.2, 0) is 0 Å². The van der Waals surface area contributed by atoms with E-state index in [1.165, 1.54) is 25.3 Å². The molecule has 0 spiro atoms. The second kappa shape index (κ2) is 3.88. The van der Waals surface area contributed by atoms with E-state index in [2.05, 4.69) is 13.8 Å². The van der Waals surface area contributed by atoms with Gasteiger partial charge >= 0.3 is 0 Å². The van der Waals surface area contributed by atoms with E-state index < -0.39 is 0 Å². The molecular formula is C18H24O3. The Morgan fingerprint density at radius 1 is 0.905 bits per heavy atom. The summed E-state index contributed by atoms with van der Waals surface area (Å²) in [6.45, 7) is 4.82. The lowest BCUT2D eigenvalue weighted by Gasteiger charge is -2.64. The molecule has 0 aromatic heterocycles. The smallest absolute Gasteiger partial charge is 0.127 e. The molecule has 2 N–H and O–H groups in total. The zero-order valence-electron chi connectivity index (χ0n) is 12.9. The zero-order chi connectivity index (χ0) is 14.9. The molecule has 114 valence electrons. The molecule has 4 fully saturated rings. The number of phenols is 2. The maximum Gasteiger partial charge on any atom is 0.127 e. The van der Waals surface area contributed by atoms with Crippen molar-refractivity contribution in [1.29, 1.82) is 0 Å². The Balaban J connectivity index is 1.68. The van der Waals surface area contributed by atoms with Gasteiger partial charge in [0.1, 0.15) is 22.8 Å². The lowest BCUT2D eigenvalue weighted by molar-refractivity contribution is -0.176. The van der Waals surface area contributed by atoms with Crippen molar-refractivity contribution < 1.29 is 14.9 Å². The molecule has 0 aliphatic heterocycles. The highest BCUT2D eigenvalue weighted by Crippen LogP contribution is 2.67. The van der Waals surface area contributed by atoms with Crippen LogP contribution in [0.25, 0.3) is 0 Å². The number of rotatable bonds is 2. The first-order valence-corrected chi connectivity index (χ1v) is 7.99. The number of hydrogen-bond acceptors (Lipinski definition) is 3. The van der Waals surface area contributed by atoms with Gasteiger partial charge in [-0.3, -0.25) is 0 Å². The third-order valence-corrected chi connectivity index (χ3v) is 5.79. The van der Waals surface area contributed by atoms with E-state index in [1.54, 1.807) is 12.1 Å². The van der Waals surface area contributed by atoms with Gasteiger partial charge in [-0.05, 0) is 55.3 Å². The summed E-state index contributed by atoms with van der Waals surface area (Å²) in [5.41, 5.74) is 0.684. The van der Waals surface area contributed by atoms with E-state index in [0.29, 0.717) is 16.6 Å². The van der Waals surface area contributed by atoms with Crippen molar-refractivity contribution in [3.05, 3.63) is 18.2 Å². The Morgan fingerprint density at radius 2 is 1.48 bits per heavy atom. The van der Waals surface area contributed by atoms with E-state index in [1.807, 2.05) is 0 Å². The van der Waals surface area contributed by atoms with Crippen molar-refractivity contribution >= 4 is 0 Å². The minimum absolute atomic E-state index is 0.0622. The third-order valence-electron chi connectivity index (χ3n) is 5.79. The summed E-state index contributed by atoms with van der Waals surface area (Å²) in [4.78, 5) is 0. The van der Waals surface area contributed by atoms with Crippen molar-refractivity contribution in [2.24, 2.45) is 16.7 Å². The van der Waals surface area contributed by atoms with Crippen LogP contribution in [0.1, 0.15) is 52.4 Å². The molecular weight excluding hydrogens is 264 g/mol. The summed E-state index contributed by atoms with van der Waals surface area (Å²) in [5, 5.41) is 19.3. The molecule has 2 unspecified atom stereocenters. The lowest BCUT2D eigenvalue weighted by atomic mass is 9.43. The Hall–Kier alpha value is -1.38. The Bertz CT molecular complexity index is 556. The van der Waals surface area contributed by atoms with Crippen molar-refractivity contribution in [1.82, 2.24) is 0 Å². The van der Waals surface area contributed by atoms with Gasteiger partial charge < -0.3 is 14.9 Å².